The van der Waals surface area contributed by atoms with Gasteiger partial charge < -0.3 is 4.90 Å². The molecule has 0 saturated carbocycles. The molecule has 23 heavy (non-hydrogen) atoms. The Balaban J connectivity index is 2.52. The van der Waals surface area contributed by atoms with Gasteiger partial charge in [0.15, 0.2) is 0 Å². The Labute approximate surface area is 146 Å². The smallest absolute Gasteiger partial charge is 0.0599 e. The van der Waals surface area contributed by atoms with Crippen LogP contribution in [0.4, 0.5) is 0 Å². The van der Waals surface area contributed by atoms with Gasteiger partial charge in [0.25, 0.3) is 0 Å². The maximum atomic E-state index is 4.32. The molecule has 0 spiro atoms. The van der Waals surface area contributed by atoms with Crippen LogP contribution in [0.3, 0.4) is 0 Å². The number of allylic oxidation sites excluding steroid dienone is 1. The fourth-order valence-electron chi connectivity index (χ4n) is 3.12. The van der Waals surface area contributed by atoms with Crippen molar-refractivity contribution in [3.8, 4) is 0 Å². The zero-order chi connectivity index (χ0) is 17.5. The second-order valence-electron chi connectivity index (χ2n) is 9.35. The molecule has 1 rings (SSSR count). The average molecular weight is 348 g/mol. The van der Waals surface area contributed by atoms with Gasteiger partial charge in [-0.15, -0.1) is 6.58 Å². The standard InChI is InChI=1S/C20H37NSi2/c1-19(17-22(2,3)4)12-11-15-21(18-23(5,6)7)16-20-13-9-8-10-14-20/h8-10,13-14H,1,11-12,15-18H2,2-7H3. The van der Waals surface area contributed by atoms with Crippen molar-refractivity contribution in [1.29, 1.82) is 0 Å². The molecular weight excluding hydrogens is 310 g/mol. The minimum absolute atomic E-state index is 1.00. The van der Waals surface area contributed by atoms with Crippen LogP contribution in [0.15, 0.2) is 42.5 Å². The fraction of sp³-hybridized carbons (Fsp3) is 0.600. The van der Waals surface area contributed by atoms with Crippen molar-refractivity contribution in [3.63, 3.8) is 0 Å². The lowest BCUT2D eigenvalue weighted by Crippen LogP contribution is -2.40. The first-order chi connectivity index (χ1) is 10.6. The molecule has 0 atom stereocenters. The molecule has 130 valence electrons. The summed E-state index contributed by atoms with van der Waals surface area (Å²) in [5.74, 6) is 0. The van der Waals surface area contributed by atoms with E-state index in [9.17, 15) is 0 Å². The van der Waals surface area contributed by atoms with E-state index in [0.29, 0.717) is 0 Å². The van der Waals surface area contributed by atoms with Gasteiger partial charge in [0.1, 0.15) is 0 Å². The van der Waals surface area contributed by atoms with E-state index < -0.39 is 16.1 Å². The summed E-state index contributed by atoms with van der Waals surface area (Å²) in [4.78, 5) is 2.67. The van der Waals surface area contributed by atoms with Crippen molar-refractivity contribution in [2.45, 2.75) is 64.7 Å². The van der Waals surface area contributed by atoms with Crippen LogP contribution >= 0.6 is 0 Å². The van der Waals surface area contributed by atoms with Crippen LogP contribution in [0, 0.1) is 0 Å². The van der Waals surface area contributed by atoms with E-state index in [4.69, 9.17) is 0 Å². The lowest BCUT2D eigenvalue weighted by molar-refractivity contribution is 0.300. The third-order valence-corrected chi connectivity index (χ3v) is 6.69. The van der Waals surface area contributed by atoms with Gasteiger partial charge in [-0.05, 0) is 37.2 Å². The van der Waals surface area contributed by atoms with Crippen LogP contribution in [-0.2, 0) is 6.54 Å². The molecule has 1 nitrogen and oxygen atoms in total. The number of rotatable bonds is 10. The molecule has 0 aromatic heterocycles. The van der Waals surface area contributed by atoms with Crippen molar-refractivity contribution >= 4 is 16.1 Å². The van der Waals surface area contributed by atoms with Crippen molar-refractivity contribution in [3.05, 3.63) is 48.0 Å². The highest BCUT2D eigenvalue weighted by atomic mass is 28.3. The minimum Gasteiger partial charge on any atom is -0.302 e. The minimum atomic E-state index is -1.08. The Bertz CT molecular complexity index is 469. The molecule has 1 aromatic carbocycles. The monoisotopic (exact) mass is 347 g/mol. The molecule has 0 aliphatic heterocycles. The van der Waals surface area contributed by atoms with Gasteiger partial charge in [-0.3, -0.25) is 0 Å². The molecule has 0 N–H and O–H groups in total. The molecule has 0 aliphatic carbocycles. The summed E-state index contributed by atoms with van der Waals surface area (Å²) in [5.41, 5.74) is 2.91. The first-order valence-electron chi connectivity index (χ1n) is 8.98. The summed E-state index contributed by atoms with van der Waals surface area (Å²) in [6.07, 6.45) is 3.73. The van der Waals surface area contributed by atoms with E-state index in [1.165, 1.54) is 42.7 Å². The van der Waals surface area contributed by atoms with Crippen LogP contribution in [0.1, 0.15) is 18.4 Å². The average Bonchev–Trinajstić information content (AvgIpc) is 2.35. The van der Waals surface area contributed by atoms with E-state index in [2.05, 4.69) is 81.1 Å². The van der Waals surface area contributed by atoms with Gasteiger partial charge in [0, 0.05) is 14.6 Å². The van der Waals surface area contributed by atoms with Gasteiger partial charge in [0.2, 0.25) is 0 Å². The van der Waals surface area contributed by atoms with Crippen LogP contribution in [0.5, 0.6) is 0 Å². The van der Waals surface area contributed by atoms with E-state index in [-0.39, 0.29) is 0 Å². The van der Waals surface area contributed by atoms with Gasteiger partial charge in [-0.25, -0.2) is 0 Å². The Morgan fingerprint density at radius 1 is 0.957 bits per heavy atom. The van der Waals surface area contributed by atoms with Crippen molar-refractivity contribution in [1.82, 2.24) is 4.90 Å². The third-order valence-electron chi connectivity index (χ3n) is 3.73. The van der Waals surface area contributed by atoms with E-state index >= 15 is 0 Å². The molecular formula is C20H37NSi2. The summed E-state index contributed by atoms with van der Waals surface area (Å²) < 4.78 is 0. The van der Waals surface area contributed by atoms with Gasteiger partial charge >= 0.3 is 0 Å². The number of hydrogen-bond donors (Lipinski definition) is 0. The normalized spacial score (nSPS) is 12.7. The highest BCUT2D eigenvalue weighted by molar-refractivity contribution is 6.76. The Hall–Kier alpha value is -0.646. The summed E-state index contributed by atoms with van der Waals surface area (Å²) in [6, 6.07) is 12.2. The maximum absolute atomic E-state index is 4.32. The Morgan fingerprint density at radius 2 is 1.57 bits per heavy atom. The predicted octanol–water partition coefficient (Wildman–Crippen LogP) is 6.04. The zero-order valence-corrected chi connectivity index (χ0v) is 18.3. The summed E-state index contributed by atoms with van der Waals surface area (Å²) >= 11 is 0. The lowest BCUT2D eigenvalue weighted by atomic mass is 10.1. The lowest BCUT2D eigenvalue weighted by Gasteiger charge is -2.29. The van der Waals surface area contributed by atoms with E-state index in [1.54, 1.807) is 0 Å². The van der Waals surface area contributed by atoms with Crippen LogP contribution in [0.25, 0.3) is 0 Å². The summed E-state index contributed by atoms with van der Waals surface area (Å²) in [5, 5.41) is 0. The maximum Gasteiger partial charge on any atom is 0.0599 e. The molecule has 0 unspecified atom stereocenters. The topological polar surface area (TPSA) is 3.24 Å². The molecule has 0 aliphatic rings. The van der Waals surface area contributed by atoms with E-state index in [1.807, 2.05) is 0 Å². The largest absolute Gasteiger partial charge is 0.302 e. The highest BCUT2D eigenvalue weighted by Gasteiger charge is 2.19. The van der Waals surface area contributed by atoms with Gasteiger partial charge in [0.05, 0.1) is 8.07 Å². The molecule has 0 radical (unpaired) electrons. The summed E-state index contributed by atoms with van der Waals surface area (Å²) in [7, 11) is -2.08. The van der Waals surface area contributed by atoms with Crippen LogP contribution in [0.2, 0.25) is 45.3 Å². The number of nitrogens with zero attached hydrogens (tertiary/aromatic N) is 1. The quantitative estimate of drug-likeness (QED) is 0.368. The number of benzene rings is 1. The first-order valence-corrected chi connectivity index (χ1v) is 16.4. The van der Waals surface area contributed by atoms with Crippen LogP contribution < -0.4 is 0 Å². The second-order valence-corrected chi connectivity index (χ2v) is 20.3. The molecule has 0 saturated heterocycles. The Kier molecular flexibility index (Phi) is 7.98. The molecule has 0 heterocycles. The van der Waals surface area contributed by atoms with Gasteiger partial charge in [-0.2, -0.15) is 0 Å². The van der Waals surface area contributed by atoms with Gasteiger partial charge in [-0.1, -0.05) is 75.2 Å². The summed E-state index contributed by atoms with van der Waals surface area (Å²) in [6.45, 7) is 21.3. The van der Waals surface area contributed by atoms with Crippen molar-refractivity contribution < 1.29 is 0 Å². The fourth-order valence-corrected chi connectivity index (χ4v) is 6.41. The third kappa shape index (κ3) is 10.7. The molecule has 1 aromatic rings. The Morgan fingerprint density at radius 3 is 2.09 bits per heavy atom. The zero-order valence-electron chi connectivity index (χ0n) is 16.3. The number of hydrogen-bond acceptors (Lipinski definition) is 1. The first kappa shape index (κ1) is 20.4. The van der Waals surface area contributed by atoms with Crippen molar-refractivity contribution in [2.24, 2.45) is 0 Å². The molecule has 0 bridgehead atoms. The second kappa shape index (κ2) is 9.00. The predicted molar refractivity (Wildman–Crippen MR) is 112 cm³/mol. The van der Waals surface area contributed by atoms with E-state index in [0.717, 1.165) is 6.54 Å². The van der Waals surface area contributed by atoms with Crippen LogP contribution in [-0.4, -0.2) is 33.8 Å². The molecule has 0 fully saturated rings. The SMILES string of the molecule is C=C(CCCN(Cc1ccccc1)C[Si](C)(C)C)C[Si](C)(C)C. The van der Waals surface area contributed by atoms with Crippen molar-refractivity contribution in [2.75, 3.05) is 12.7 Å². The highest BCUT2D eigenvalue weighted by Crippen LogP contribution is 2.19. The molecule has 0 amide bonds. The molecule has 3 heteroatoms.